The van der Waals surface area contributed by atoms with Gasteiger partial charge < -0.3 is 5.32 Å². The zero-order valence-electron chi connectivity index (χ0n) is 10.3. The first-order valence-electron chi connectivity index (χ1n) is 5.49. The summed E-state index contributed by atoms with van der Waals surface area (Å²) in [5.41, 5.74) is 2.44. The van der Waals surface area contributed by atoms with Gasteiger partial charge in [0.2, 0.25) is 0 Å². The normalized spacial score (nSPS) is 10.1. The highest BCUT2D eigenvalue weighted by atomic mass is 35.5. The number of nitrogens with zero attached hydrogens (tertiary/aromatic N) is 3. The molecule has 1 aromatic heterocycles. The van der Waals surface area contributed by atoms with Gasteiger partial charge in [-0.15, -0.1) is 5.10 Å². The lowest BCUT2D eigenvalue weighted by molar-refractivity contribution is 0.960. The summed E-state index contributed by atoms with van der Waals surface area (Å²) in [4.78, 5) is 0. The molecule has 0 aliphatic rings. The number of hydrogen-bond acceptors (Lipinski definition) is 4. The Morgan fingerprint density at radius 1 is 1.16 bits per heavy atom. The predicted octanol–water partition coefficient (Wildman–Crippen LogP) is 4.02. The third-order valence-corrected chi connectivity index (χ3v) is 3.40. The van der Waals surface area contributed by atoms with Crippen LogP contribution in [0.4, 0.5) is 11.5 Å². The van der Waals surface area contributed by atoms with E-state index in [0.717, 1.165) is 5.56 Å². The molecule has 0 fully saturated rings. The maximum Gasteiger partial charge on any atom is 0.171 e. The van der Waals surface area contributed by atoms with E-state index in [1.165, 1.54) is 0 Å². The molecule has 1 heterocycles. The van der Waals surface area contributed by atoms with Crippen LogP contribution >= 0.6 is 23.2 Å². The van der Waals surface area contributed by atoms with Crippen LogP contribution in [-0.4, -0.2) is 10.2 Å². The van der Waals surface area contributed by atoms with Gasteiger partial charge in [-0.25, -0.2) is 0 Å². The summed E-state index contributed by atoms with van der Waals surface area (Å²) >= 11 is 12.1. The molecule has 0 saturated carbocycles. The topological polar surface area (TPSA) is 61.6 Å². The minimum Gasteiger partial charge on any atom is -0.335 e. The predicted molar refractivity (Wildman–Crippen MR) is 76.0 cm³/mol. The quantitative estimate of drug-likeness (QED) is 0.908. The van der Waals surface area contributed by atoms with Gasteiger partial charge >= 0.3 is 0 Å². The molecule has 2 rings (SSSR count). The molecule has 0 unspecified atom stereocenters. The van der Waals surface area contributed by atoms with Gasteiger partial charge in [0.15, 0.2) is 5.82 Å². The number of nitrogens with one attached hydrogen (secondary N) is 1. The SMILES string of the molecule is Cc1nnc(Nc2c(Cl)cccc2Cl)c(C#N)c1C. The zero-order valence-corrected chi connectivity index (χ0v) is 11.8. The lowest BCUT2D eigenvalue weighted by atomic mass is 10.1. The second-order valence-electron chi connectivity index (χ2n) is 3.97. The van der Waals surface area contributed by atoms with Crippen LogP contribution in [0.15, 0.2) is 18.2 Å². The molecule has 0 saturated heterocycles. The molecular formula is C13H10Cl2N4. The number of hydrogen-bond donors (Lipinski definition) is 1. The van der Waals surface area contributed by atoms with E-state index in [1.807, 2.05) is 6.92 Å². The molecule has 0 aliphatic carbocycles. The van der Waals surface area contributed by atoms with Gasteiger partial charge in [-0.05, 0) is 31.5 Å². The Bertz CT molecular complexity index is 657. The molecule has 0 bridgehead atoms. The van der Waals surface area contributed by atoms with E-state index < -0.39 is 0 Å². The Balaban J connectivity index is 2.51. The van der Waals surface area contributed by atoms with Crippen molar-refractivity contribution in [3.8, 4) is 6.07 Å². The summed E-state index contributed by atoms with van der Waals surface area (Å²) in [5, 5.41) is 21.1. The first kappa shape index (κ1) is 13.6. The first-order valence-corrected chi connectivity index (χ1v) is 6.25. The maximum absolute atomic E-state index is 9.22. The van der Waals surface area contributed by atoms with Crippen molar-refractivity contribution in [3.05, 3.63) is 45.1 Å². The Kier molecular flexibility index (Phi) is 3.89. The number of nitriles is 1. The van der Waals surface area contributed by atoms with Crippen LogP contribution in [0, 0.1) is 25.2 Å². The second-order valence-corrected chi connectivity index (χ2v) is 4.78. The van der Waals surface area contributed by atoms with Crippen LogP contribution < -0.4 is 5.32 Å². The molecular weight excluding hydrogens is 283 g/mol. The zero-order chi connectivity index (χ0) is 14.0. The van der Waals surface area contributed by atoms with Gasteiger partial charge in [0.25, 0.3) is 0 Å². The number of rotatable bonds is 2. The molecule has 1 aromatic carbocycles. The van der Waals surface area contributed by atoms with E-state index in [-0.39, 0.29) is 0 Å². The number of benzene rings is 1. The maximum atomic E-state index is 9.22. The van der Waals surface area contributed by atoms with Crippen molar-refractivity contribution < 1.29 is 0 Å². The highest BCUT2D eigenvalue weighted by molar-refractivity contribution is 6.39. The highest BCUT2D eigenvalue weighted by Crippen LogP contribution is 2.33. The Hall–Kier alpha value is -1.83. The van der Waals surface area contributed by atoms with E-state index in [0.29, 0.717) is 32.8 Å². The van der Waals surface area contributed by atoms with Gasteiger partial charge in [0.1, 0.15) is 11.6 Å². The fourth-order valence-electron chi connectivity index (χ4n) is 1.57. The summed E-state index contributed by atoms with van der Waals surface area (Å²) in [7, 11) is 0. The number of halogens is 2. The summed E-state index contributed by atoms with van der Waals surface area (Å²) in [5.74, 6) is 0.348. The van der Waals surface area contributed by atoms with Crippen molar-refractivity contribution >= 4 is 34.7 Å². The lowest BCUT2D eigenvalue weighted by Gasteiger charge is -2.12. The number of anilines is 2. The van der Waals surface area contributed by atoms with Crippen LogP contribution in [0.1, 0.15) is 16.8 Å². The van der Waals surface area contributed by atoms with E-state index in [2.05, 4.69) is 21.6 Å². The third kappa shape index (κ3) is 2.62. The van der Waals surface area contributed by atoms with Crippen molar-refractivity contribution in [2.75, 3.05) is 5.32 Å². The monoisotopic (exact) mass is 292 g/mol. The first-order chi connectivity index (χ1) is 9.04. The van der Waals surface area contributed by atoms with Gasteiger partial charge in [-0.3, -0.25) is 0 Å². The Morgan fingerprint density at radius 2 is 1.79 bits per heavy atom. The number of aryl methyl sites for hydroxylation is 1. The average molecular weight is 293 g/mol. The molecule has 4 nitrogen and oxygen atoms in total. The molecule has 0 radical (unpaired) electrons. The molecule has 0 aliphatic heterocycles. The molecule has 0 atom stereocenters. The van der Waals surface area contributed by atoms with E-state index in [9.17, 15) is 5.26 Å². The summed E-state index contributed by atoms with van der Waals surface area (Å²) in [6, 6.07) is 7.27. The summed E-state index contributed by atoms with van der Waals surface area (Å²) in [6.07, 6.45) is 0. The standard InChI is InChI=1S/C13H10Cl2N4/c1-7-8(2)18-19-13(9(7)6-16)17-12-10(14)4-3-5-11(12)15/h3-5H,1-2H3,(H,17,19). The minimum atomic E-state index is 0.348. The largest absolute Gasteiger partial charge is 0.335 e. The van der Waals surface area contributed by atoms with E-state index >= 15 is 0 Å². The lowest BCUT2D eigenvalue weighted by Crippen LogP contribution is -2.04. The van der Waals surface area contributed by atoms with Crippen molar-refractivity contribution in [3.63, 3.8) is 0 Å². The molecule has 6 heteroatoms. The Morgan fingerprint density at radius 3 is 2.37 bits per heavy atom. The minimum absolute atomic E-state index is 0.348. The highest BCUT2D eigenvalue weighted by Gasteiger charge is 2.13. The third-order valence-electron chi connectivity index (χ3n) is 2.77. The van der Waals surface area contributed by atoms with Crippen LogP contribution in [0.3, 0.4) is 0 Å². The van der Waals surface area contributed by atoms with Crippen molar-refractivity contribution in [2.24, 2.45) is 0 Å². The van der Waals surface area contributed by atoms with Crippen LogP contribution in [0.2, 0.25) is 10.0 Å². The Labute approximate surface area is 121 Å². The van der Waals surface area contributed by atoms with E-state index in [4.69, 9.17) is 23.2 Å². The molecule has 0 amide bonds. The fourth-order valence-corrected chi connectivity index (χ4v) is 2.06. The van der Waals surface area contributed by atoms with Crippen molar-refractivity contribution in [1.82, 2.24) is 10.2 Å². The van der Waals surface area contributed by atoms with Gasteiger partial charge in [0.05, 0.1) is 21.4 Å². The molecule has 1 N–H and O–H groups in total. The van der Waals surface area contributed by atoms with Crippen LogP contribution in [-0.2, 0) is 0 Å². The second kappa shape index (κ2) is 5.43. The molecule has 19 heavy (non-hydrogen) atoms. The van der Waals surface area contributed by atoms with Crippen molar-refractivity contribution in [1.29, 1.82) is 5.26 Å². The molecule has 2 aromatic rings. The summed E-state index contributed by atoms with van der Waals surface area (Å²) in [6.45, 7) is 3.62. The van der Waals surface area contributed by atoms with Gasteiger partial charge in [-0.1, -0.05) is 29.3 Å². The smallest absolute Gasteiger partial charge is 0.171 e. The van der Waals surface area contributed by atoms with Crippen LogP contribution in [0.25, 0.3) is 0 Å². The fraction of sp³-hybridized carbons (Fsp3) is 0.154. The van der Waals surface area contributed by atoms with Crippen LogP contribution in [0.5, 0.6) is 0 Å². The number of para-hydroxylation sites is 1. The summed E-state index contributed by atoms with van der Waals surface area (Å²) < 4.78 is 0. The van der Waals surface area contributed by atoms with Gasteiger partial charge in [0, 0.05) is 0 Å². The average Bonchev–Trinajstić information content (AvgIpc) is 2.38. The van der Waals surface area contributed by atoms with E-state index in [1.54, 1.807) is 25.1 Å². The van der Waals surface area contributed by atoms with Crippen molar-refractivity contribution in [2.45, 2.75) is 13.8 Å². The number of aromatic nitrogens is 2. The van der Waals surface area contributed by atoms with Gasteiger partial charge in [-0.2, -0.15) is 10.4 Å². The molecule has 96 valence electrons. The molecule has 0 spiro atoms.